The lowest BCUT2D eigenvalue weighted by atomic mass is 10.0. The van der Waals surface area contributed by atoms with Crippen LogP contribution in [0.1, 0.15) is 30.9 Å². The first-order chi connectivity index (χ1) is 7.41. The topological polar surface area (TPSA) is 0 Å². The second-order valence-electron chi connectivity index (χ2n) is 4.03. The minimum atomic E-state index is -4.27. The van der Waals surface area contributed by atoms with Crippen LogP contribution in [0, 0.1) is 0 Å². The van der Waals surface area contributed by atoms with Gasteiger partial charge in [-0.1, -0.05) is 26.0 Å². The molecule has 0 bridgehead atoms. The van der Waals surface area contributed by atoms with Gasteiger partial charge in [-0.25, -0.2) is 0 Å². The summed E-state index contributed by atoms with van der Waals surface area (Å²) in [6, 6.07) is 4.38. The van der Waals surface area contributed by atoms with Crippen LogP contribution < -0.4 is 0 Å². The second-order valence-corrected chi connectivity index (χ2v) is 4.91. The Labute approximate surface area is 95.7 Å². The minimum Gasteiger partial charge on any atom is -0.166 e. The van der Waals surface area contributed by atoms with Crippen molar-refractivity contribution in [1.29, 1.82) is 0 Å². The third-order valence-corrected chi connectivity index (χ3v) is 3.60. The van der Waals surface area contributed by atoms with Crippen LogP contribution in [0.15, 0.2) is 23.6 Å². The highest BCUT2D eigenvalue weighted by atomic mass is 32.1. The van der Waals surface area contributed by atoms with E-state index in [1.165, 1.54) is 17.4 Å². The van der Waals surface area contributed by atoms with Crippen LogP contribution in [0.4, 0.5) is 13.2 Å². The van der Waals surface area contributed by atoms with E-state index in [0.29, 0.717) is 4.70 Å². The number of alkyl halides is 3. The Morgan fingerprint density at radius 3 is 2.44 bits per heavy atom. The van der Waals surface area contributed by atoms with E-state index in [0.717, 1.165) is 17.0 Å². The first kappa shape index (κ1) is 11.5. The van der Waals surface area contributed by atoms with Crippen LogP contribution in [0.25, 0.3) is 10.1 Å². The van der Waals surface area contributed by atoms with Crippen molar-refractivity contribution in [2.45, 2.75) is 25.9 Å². The molecule has 0 aliphatic heterocycles. The summed E-state index contributed by atoms with van der Waals surface area (Å²) in [4.78, 5) is 0. The molecule has 0 saturated heterocycles. The molecular weight excluding hydrogens is 233 g/mol. The molecule has 0 unspecified atom stereocenters. The van der Waals surface area contributed by atoms with E-state index in [2.05, 4.69) is 0 Å². The van der Waals surface area contributed by atoms with Gasteiger partial charge < -0.3 is 0 Å². The van der Waals surface area contributed by atoms with Crippen LogP contribution in [0.2, 0.25) is 0 Å². The maximum absolute atomic E-state index is 12.7. The molecular formula is C12H11F3S. The van der Waals surface area contributed by atoms with E-state index in [1.54, 1.807) is 6.07 Å². The quantitative estimate of drug-likeness (QED) is 0.659. The van der Waals surface area contributed by atoms with Crippen LogP contribution in [-0.4, -0.2) is 0 Å². The summed E-state index contributed by atoms with van der Waals surface area (Å²) < 4.78 is 38.6. The summed E-state index contributed by atoms with van der Waals surface area (Å²) in [5.74, 6) is 0.247. The third-order valence-electron chi connectivity index (χ3n) is 2.56. The summed E-state index contributed by atoms with van der Waals surface area (Å²) >= 11 is 1.18. The van der Waals surface area contributed by atoms with Gasteiger partial charge in [0.1, 0.15) is 0 Å². The van der Waals surface area contributed by atoms with Gasteiger partial charge in [-0.3, -0.25) is 0 Å². The first-order valence-corrected chi connectivity index (χ1v) is 5.86. The standard InChI is InChI=1S/C12H11F3S/c1-7(2)9-6-16-11-8(9)4-3-5-10(11)12(13,14)15/h3-7H,1-2H3. The highest BCUT2D eigenvalue weighted by molar-refractivity contribution is 7.17. The predicted octanol–water partition coefficient (Wildman–Crippen LogP) is 5.04. The van der Waals surface area contributed by atoms with Gasteiger partial charge in [-0.05, 0) is 28.3 Å². The molecule has 1 aromatic carbocycles. The SMILES string of the molecule is CC(C)c1csc2c(C(F)(F)F)cccc12. The number of fused-ring (bicyclic) bond motifs is 1. The van der Waals surface area contributed by atoms with Crippen molar-refractivity contribution >= 4 is 21.4 Å². The average Bonchev–Trinajstić information content (AvgIpc) is 2.58. The summed E-state index contributed by atoms with van der Waals surface area (Å²) in [6.45, 7) is 3.98. The van der Waals surface area contributed by atoms with Crippen molar-refractivity contribution in [3.8, 4) is 0 Å². The summed E-state index contributed by atoms with van der Waals surface area (Å²) in [7, 11) is 0. The number of halogens is 3. The zero-order valence-corrected chi connectivity index (χ0v) is 9.75. The largest absolute Gasteiger partial charge is 0.417 e. The molecule has 4 heteroatoms. The number of hydrogen-bond donors (Lipinski definition) is 0. The maximum Gasteiger partial charge on any atom is 0.417 e. The number of thiophene rings is 1. The van der Waals surface area contributed by atoms with Crippen molar-refractivity contribution in [1.82, 2.24) is 0 Å². The molecule has 1 aromatic heterocycles. The van der Waals surface area contributed by atoms with Crippen LogP contribution in [-0.2, 0) is 6.18 Å². The van der Waals surface area contributed by atoms with Crippen molar-refractivity contribution < 1.29 is 13.2 Å². The minimum absolute atomic E-state index is 0.247. The fourth-order valence-electron chi connectivity index (χ4n) is 1.75. The lowest BCUT2D eigenvalue weighted by Crippen LogP contribution is -2.04. The Morgan fingerprint density at radius 1 is 1.19 bits per heavy atom. The monoisotopic (exact) mass is 244 g/mol. The van der Waals surface area contributed by atoms with Crippen LogP contribution >= 0.6 is 11.3 Å². The fraction of sp³-hybridized carbons (Fsp3) is 0.333. The zero-order valence-electron chi connectivity index (χ0n) is 8.93. The van der Waals surface area contributed by atoms with Crippen molar-refractivity contribution in [3.05, 3.63) is 34.7 Å². The van der Waals surface area contributed by atoms with Gasteiger partial charge >= 0.3 is 6.18 Å². The highest BCUT2D eigenvalue weighted by Crippen LogP contribution is 2.40. The van der Waals surface area contributed by atoms with E-state index < -0.39 is 11.7 Å². The third kappa shape index (κ3) is 1.82. The van der Waals surface area contributed by atoms with Gasteiger partial charge in [-0.15, -0.1) is 11.3 Å². The van der Waals surface area contributed by atoms with Crippen molar-refractivity contribution in [2.75, 3.05) is 0 Å². The summed E-state index contributed by atoms with van der Waals surface area (Å²) in [5, 5.41) is 2.56. The molecule has 0 atom stereocenters. The molecule has 2 rings (SSSR count). The molecule has 0 fully saturated rings. The lowest BCUT2D eigenvalue weighted by molar-refractivity contribution is -0.136. The van der Waals surface area contributed by atoms with E-state index in [4.69, 9.17) is 0 Å². The second kappa shape index (κ2) is 3.77. The molecule has 1 heterocycles. The summed E-state index contributed by atoms with van der Waals surface area (Å²) in [6.07, 6.45) is -4.27. The Kier molecular flexibility index (Phi) is 2.70. The van der Waals surface area contributed by atoms with Gasteiger partial charge in [0.05, 0.1) is 5.56 Å². The van der Waals surface area contributed by atoms with Gasteiger partial charge in [0.25, 0.3) is 0 Å². The molecule has 0 amide bonds. The first-order valence-electron chi connectivity index (χ1n) is 4.98. The molecule has 86 valence electrons. The molecule has 16 heavy (non-hydrogen) atoms. The van der Waals surface area contributed by atoms with E-state index in [9.17, 15) is 13.2 Å². The van der Waals surface area contributed by atoms with Gasteiger partial charge in [-0.2, -0.15) is 13.2 Å². The Balaban J connectivity index is 2.72. The Morgan fingerprint density at radius 2 is 1.88 bits per heavy atom. The fourth-order valence-corrected chi connectivity index (χ4v) is 3.02. The number of hydrogen-bond acceptors (Lipinski definition) is 1. The molecule has 0 radical (unpaired) electrons. The van der Waals surface area contributed by atoms with Crippen molar-refractivity contribution in [3.63, 3.8) is 0 Å². The van der Waals surface area contributed by atoms with E-state index in [-0.39, 0.29) is 5.92 Å². The highest BCUT2D eigenvalue weighted by Gasteiger charge is 2.33. The van der Waals surface area contributed by atoms with Crippen LogP contribution in [0.3, 0.4) is 0 Å². The maximum atomic E-state index is 12.7. The molecule has 2 aromatic rings. The smallest absolute Gasteiger partial charge is 0.166 e. The molecule has 0 saturated carbocycles. The number of benzene rings is 1. The van der Waals surface area contributed by atoms with E-state index in [1.807, 2.05) is 19.2 Å². The molecule has 0 aliphatic carbocycles. The lowest BCUT2D eigenvalue weighted by Gasteiger charge is -2.08. The zero-order chi connectivity index (χ0) is 11.9. The Bertz CT molecular complexity index is 508. The van der Waals surface area contributed by atoms with E-state index >= 15 is 0 Å². The van der Waals surface area contributed by atoms with Gasteiger partial charge in [0, 0.05) is 4.70 Å². The molecule has 0 aliphatic rings. The molecule has 0 spiro atoms. The van der Waals surface area contributed by atoms with Gasteiger partial charge in [0.15, 0.2) is 0 Å². The Hall–Kier alpha value is -1.03. The van der Waals surface area contributed by atoms with Crippen molar-refractivity contribution in [2.24, 2.45) is 0 Å². The number of rotatable bonds is 1. The predicted molar refractivity (Wildman–Crippen MR) is 60.9 cm³/mol. The molecule has 0 nitrogen and oxygen atoms in total. The van der Waals surface area contributed by atoms with Gasteiger partial charge in [0.2, 0.25) is 0 Å². The normalized spacial score (nSPS) is 12.6. The summed E-state index contributed by atoms with van der Waals surface area (Å²) in [5.41, 5.74) is 0.466. The average molecular weight is 244 g/mol. The molecule has 0 N–H and O–H groups in total. The van der Waals surface area contributed by atoms with Crippen LogP contribution in [0.5, 0.6) is 0 Å².